The van der Waals surface area contributed by atoms with Gasteiger partial charge in [0.2, 0.25) is 10.0 Å². The Kier molecular flexibility index (Phi) is 5.93. The van der Waals surface area contributed by atoms with Gasteiger partial charge in [0.1, 0.15) is 5.82 Å². The fourth-order valence-electron chi connectivity index (χ4n) is 2.06. The van der Waals surface area contributed by atoms with Gasteiger partial charge in [-0.05, 0) is 49.7 Å². The highest BCUT2D eigenvalue weighted by molar-refractivity contribution is 7.89. The van der Waals surface area contributed by atoms with Gasteiger partial charge in [-0.1, -0.05) is 19.1 Å². The molecule has 0 aliphatic carbocycles. The molecule has 2 atom stereocenters. The average Bonchev–Trinajstić information content (AvgIpc) is 2.56. The number of sulfonamides is 1. The van der Waals surface area contributed by atoms with E-state index in [1.165, 1.54) is 36.4 Å². The number of hydrogen-bond donors (Lipinski definition) is 3. The molecule has 7 heteroatoms. The zero-order valence-corrected chi connectivity index (χ0v) is 14.3. The molecular formula is C17H21FN2O3S. The van der Waals surface area contributed by atoms with Crippen LogP contribution in [0.1, 0.15) is 32.1 Å². The van der Waals surface area contributed by atoms with Gasteiger partial charge in [0, 0.05) is 17.3 Å². The molecular weight excluding hydrogens is 331 g/mol. The van der Waals surface area contributed by atoms with Crippen LogP contribution in [-0.4, -0.2) is 19.6 Å². The quantitative estimate of drug-likeness (QED) is 0.670. The number of halogens is 1. The van der Waals surface area contributed by atoms with Crippen molar-refractivity contribution in [1.82, 2.24) is 4.72 Å². The number of nitrogens with one attached hydrogen (secondary N) is 2. The van der Waals surface area contributed by atoms with Crippen molar-refractivity contribution in [3.05, 3.63) is 59.9 Å². The van der Waals surface area contributed by atoms with Crippen LogP contribution in [0.2, 0.25) is 0 Å². The molecule has 2 aromatic rings. The summed E-state index contributed by atoms with van der Waals surface area (Å²) in [5, 5.41) is 13.0. The van der Waals surface area contributed by atoms with Gasteiger partial charge < -0.3 is 10.4 Å². The average molecular weight is 352 g/mol. The van der Waals surface area contributed by atoms with Gasteiger partial charge >= 0.3 is 0 Å². The lowest BCUT2D eigenvalue weighted by Crippen LogP contribution is -2.32. The molecule has 0 fully saturated rings. The van der Waals surface area contributed by atoms with E-state index in [0.717, 1.165) is 0 Å². The summed E-state index contributed by atoms with van der Waals surface area (Å²) in [4.78, 5) is 0.0836. The summed E-state index contributed by atoms with van der Waals surface area (Å²) in [6.07, 6.45) is -0.442. The first kappa shape index (κ1) is 18.4. The third kappa shape index (κ3) is 4.77. The van der Waals surface area contributed by atoms with Crippen molar-refractivity contribution in [2.75, 3.05) is 5.32 Å². The molecule has 24 heavy (non-hydrogen) atoms. The Labute approximate surface area is 141 Å². The second-order valence-electron chi connectivity index (χ2n) is 5.56. The predicted molar refractivity (Wildman–Crippen MR) is 91.5 cm³/mol. The maximum atomic E-state index is 12.9. The number of rotatable bonds is 7. The standard InChI is InChI=1S/C17H21FN2O3S/c1-3-12(2)20-24(22,23)16-6-4-5-13(11-16)17(21)19-15-9-7-14(18)8-10-15/h4-12,17,19-21H,3H2,1-2H3/t12-,17?/m1/s1. The molecule has 0 aliphatic rings. The van der Waals surface area contributed by atoms with Crippen molar-refractivity contribution in [2.24, 2.45) is 0 Å². The first-order valence-corrected chi connectivity index (χ1v) is 9.12. The van der Waals surface area contributed by atoms with Gasteiger partial charge in [0.25, 0.3) is 0 Å². The molecule has 0 aliphatic heterocycles. The minimum Gasteiger partial charge on any atom is -0.369 e. The van der Waals surface area contributed by atoms with Crippen molar-refractivity contribution in [3.63, 3.8) is 0 Å². The monoisotopic (exact) mass is 352 g/mol. The summed E-state index contributed by atoms with van der Waals surface area (Å²) in [6, 6.07) is 11.4. The molecule has 0 saturated heterocycles. The van der Waals surface area contributed by atoms with E-state index in [-0.39, 0.29) is 16.8 Å². The van der Waals surface area contributed by atoms with Crippen LogP contribution >= 0.6 is 0 Å². The highest BCUT2D eigenvalue weighted by Gasteiger charge is 2.18. The van der Waals surface area contributed by atoms with Gasteiger partial charge in [-0.15, -0.1) is 0 Å². The summed E-state index contributed by atoms with van der Waals surface area (Å²) in [5.74, 6) is -0.376. The fourth-order valence-corrected chi connectivity index (χ4v) is 3.44. The lowest BCUT2D eigenvalue weighted by Gasteiger charge is -2.16. The van der Waals surface area contributed by atoms with Crippen molar-refractivity contribution in [1.29, 1.82) is 0 Å². The zero-order valence-electron chi connectivity index (χ0n) is 13.5. The van der Waals surface area contributed by atoms with Crippen molar-refractivity contribution in [2.45, 2.75) is 37.4 Å². The summed E-state index contributed by atoms with van der Waals surface area (Å²) >= 11 is 0. The maximum Gasteiger partial charge on any atom is 0.240 e. The largest absolute Gasteiger partial charge is 0.369 e. The fraction of sp³-hybridized carbons (Fsp3) is 0.294. The van der Waals surface area contributed by atoms with Gasteiger partial charge in [-0.2, -0.15) is 0 Å². The second kappa shape index (κ2) is 7.74. The molecule has 5 nitrogen and oxygen atoms in total. The number of anilines is 1. The minimum atomic E-state index is -3.64. The Morgan fingerprint density at radius 2 is 1.83 bits per heavy atom. The Bertz CT molecular complexity index is 779. The lowest BCUT2D eigenvalue weighted by molar-refractivity contribution is 0.208. The number of hydrogen-bond acceptors (Lipinski definition) is 4. The predicted octanol–water partition coefficient (Wildman–Crippen LogP) is 3.01. The summed E-state index contributed by atoms with van der Waals surface area (Å²) < 4.78 is 40.1. The number of aliphatic hydroxyl groups is 1. The first-order chi connectivity index (χ1) is 11.3. The van der Waals surface area contributed by atoms with Crippen LogP contribution in [0, 0.1) is 5.82 Å². The van der Waals surface area contributed by atoms with Crippen LogP contribution in [0.25, 0.3) is 0 Å². The Hall–Kier alpha value is -1.96. The van der Waals surface area contributed by atoms with E-state index in [4.69, 9.17) is 0 Å². The molecule has 0 radical (unpaired) electrons. The Morgan fingerprint density at radius 1 is 1.17 bits per heavy atom. The van der Waals surface area contributed by atoms with Crippen molar-refractivity contribution in [3.8, 4) is 0 Å². The topological polar surface area (TPSA) is 78.4 Å². The molecule has 0 amide bonds. The molecule has 2 rings (SSSR count). The third-order valence-corrected chi connectivity index (χ3v) is 5.19. The van der Waals surface area contributed by atoms with E-state index in [1.807, 2.05) is 6.92 Å². The van der Waals surface area contributed by atoms with E-state index in [9.17, 15) is 17.9 Å². The number of aliphatic hydroxyl groups excluding tert-OH is 1. The van der Waals surface area contributed by atoms with Gasteiger partial charge in [0.15, 0.2) is 6.23 Å². The van der Waals surface area contributed by atoms with Crippen LogP contribution in [0.3, 0.4) is 0 Å². The van der Waals surface area contributed by atoms with Crippen LogP contribution in [-0.2, 0) is 10.0 Å². The summed E-state index contributed by atoms with van der Waals surface area (Å²) in [5.41, 5.74) is 0.918. The SMILES string of the molecule is CC[C@@H](C)NS(=O)(=O)c1cccc(C(O)Nc2ccc(F)cc2)c1. The highest BCUT2D eigenvalue weighted by atomic mass is 32.2. The normalized spacial score (nSPS) is 14.2. The lowest BCUT2D eigenvalue weighted by atomic mass is 10.2. The molecule has 0 heterocycles. The molecule has 0 spiro atoms. The van der Waals surface area contributed by atoms with Crippen LogP contribution in [0.4, 0.5) is 10.1 Å². The Balaban J connectivity index is 2.18. The molecule has 0 bridgehead atoms. The second-order valence-corrected chi connectivity index (χ2v) is 7.27. The molecule has 3 N–H and O–H groups in total. The van der Waals surface area contributed by atoms with Crippen LogP contribution in [0.5, 0.6) is 0 Å². The van der Waals surface area contributed by atoms with Gasteiger partial charge in [-0.3, -0.25) is 0 Å². The van der Waals surface area contributed by atoms with Crippen LogP contribution in [0.15, 0.2) is 53.4 Å². The third-order valence-electron chi connectivity index (χ3n) is 3.60. The van der Waals surface area contributed by atoms with E-state index >= 15 is 0 Å². The smallest absolute Gasteiger partial charge is 0.240 e. The van der Waals surface area contributed by atoms with E-state index < -0.39 is 16.3 Å². The van der Waals surface area contributed by atoms with Gasteiger partial charge in [0.05, 0.1) is 4.90 Å². The minimum absolute atomic E-state index is 0.0836. The highest BCUT2D eigenvalue weighted by Crippen LogP contribution is 2.20. The maximum absolute atomic E-state index is 12.9. The molecule has 130 valence electrons. The molecule has 0 aromatic heterocycles. The van der Waals surface area contributed by atoms with Crippen molar-refractivity contribution >= 4 is 15.7 Å². The Morgan fingerprint density at radius 3 is 2.46 bits per heavy atom. The summed E-state index contributed by atoms with van der Waals surface area (Å²) in [6.45, 7) is 3.67. The molecule has 2 aromatic carbocycles. The van der Waals surface area contributed by atoms with E-state index in [1.54, 1.807) is 19.1 Å². The van der Waals surface area contributed by atoms with E-state index in [2.05, 4.69) is 10.0 Å². The van der Waals surface area contributed by atoms with Crippen molar-refractivity contribution < 1.29 is 17.9 Å². The van der Waals surface area contributed by atoms with Gasteiger partial charge in [-0.25, -0.2) is 17.5 Å². The van der Waals surface area contributed by atoms with Crippen LogP contribution < -0.4 is 10.0 Å². The first-order valence-electron chi connectivity index (χ1n) is 7.64. The molecule has 0 saturated carbocycles. The molecule has 1 unspecified atom stereocenters. The van der Waals surface area contributed by atoms with E-state index in [0.29, 0.717) is 17.7 Å². The summed E-state index contributed by atoms with van der Waals surface area (Å²) in [7, 11) is -3.64. The number of benzene rings is 2. The zero-order chi connectivity index (χ0) is 17.7.